The molecule has 5 heteroatoms. The molecule has 0 aliphatic rings. The molecule has 2 aromatic rings. The van der Waals surface area contributed by atoms with Crippen LogP contribution in [0.1, 0.15) is 22.5 Å². The summed E-state index contributed by atoms with van der Waals surface area (Å²) < 4.78 is 7.70. The number of ether oxygens (including phenoxy) is 1. The van der Waals surface area contributed by atoms with E-state index in [-0.39, 0.29) is 12.4 Å². The van der Waals surface area contributed by atoms with Gasteiger partial charge in [0.2, 0.25) is 0 Å². The monoisotopic (exact) mass is 336 g/mol. The van der Waals surface area contributed by atoms with Crippen LogP contribution in [-0.2, 0) is 22.5 Å². The second-order valence-electron chi connectivity index (χ2n) is 4.69. The summed E-state index contributed by atoms with van der Waals surface area (Å²) in [6, 6.07) is 8.12. The molecule has 4 nitrogen and oxygen atoms in total. The van der Waals surface area contributed by atoms with Crippen molar-refractivity contribution < 1.29 is 9.53 Å². The Bertz CT molecular complexity index is 635. The van der Waals surface area contributed by atoms with Crippen LogP contribution in [0, 0.1) is 13.8 Å². The van der Waals surface area contributed by atoms with Gasteiger partial charge in [0, 0.05) is 15.7 Å². The Balaban J connectivity index is 2.25. The van der Waals surface area contributed by atoms with E-state index in [2.05, 4.69) is 33.2 Å². The number of carbonyl (C=O) groups excluding carboxylic acids is 1. The van der Waals surface area contributed by atoms with Crippen LogP contribution in [0.3, 0.4) is 0 Å². The quantitative estimate of drug-likeness (QED) is 0.806. The van der Waals surface area contributed by atoms with Crippen LogP contribution in [0.2, 0.25) is 0 Å². The Morgan fingerprint density at radius 1 is 1.40 bits per heavy atom. The highest BCUT2D eigenvalue weighted by Crippen LogP contribution is 2.17. The van der Waals surface area contributed by atoms with Gasteiger partial charge in [-0.3, -0.25) is 9.48 Å². The highest BCUT2D eigenvalue weighted by molar-refractivity contribution is 9.10. The van der Waals surface area contributed by atoms with E-state index in [1.54, 1.807) is 0 Å². The maximum atomic E-state index is 11.4. The molecule has 2 rings (SSSR count). The lowest BCUT2D eigenvalue weighted by atomic mass is 10.1. The van der Waals surface area contributed by atoms with Crippen molar-refractivity contribution in [3.8, 4) is 0 Å². The zero-order valence-corrected chi connectivity index (χ0v) is 13.4. The second-order valence-corrected chi connectivity index (χ2v) is 5.61. The lowest BCUT2D eigenvalue weighted by molar-refractivity contribution is -0.139. The van der Waals surface area contributed by atoms with E-state index in [9.17, 15) is 4.79 Å². The lowest BCUT2D eigenvalue weighted by Crippen LogP contribution is -2.07. The summed E-state index contributed by atoms with van der Waals surface area (Å²) in [5.74, 6) is -0.238. The van der Waals surface area contributed by atoms with Gasteiger partial charge in [-0.15, -0.1) is 0 Å². The standard InChI is InChI=1S/C15H17BrN2O2/c1-10-14(8-15(19)20-3)11(2)18(17-10)9-12-5-4-6-13(16)7-12/h4-7H,8-9H2,1-3H3. The summed E-state index contributed by atoms with van der Waals surface area (Å²) in [6.07, 6.45) is 0.270. The number of aryl methyl sites for hydroxylation is 1. The molecule has 1 aromatic heterocycles. The van der Waals surface area contributed by atoms with Crippen molar-refractivity contribution in [3.05, 3.63) is 51.3 Å². The van der Waals surface area contributed by atoms with Crippen molar-refractivity contribution in [2.24, 2.45) is 0 Å². The zero-order chi connectivity index (χ0) is 14.7. The van der Waals surface area contributed by atoms with Gasteiger partial charge in [0.05, 0.1) is 25.8 Å². The van der Waals surface area contributed by atoms with E-state index in [1.807, 2.05) is 30.7 Å². The number of benzene rings is 1. The lowest BCUT2D eigenvalue weighted by Gasteiger charge is -2.06. The second kappa shape index (κ2) is 6.22. The van der Waals surface area contributed by atoms with E-state index in [1.165, 1.54) is 7.11 Å². The summed E-state index contributed by atoms with van der Waals surface area (Å²) in [5, 5.41) is 4.52. The summed E-state index contributed by atoms with van der Waals surface area (Å²) >= 11 is 3.46. The van der Waals surface area contributed by atoms with Crippen molar-refractivity contribution in [3.63, 3.8) is 0 Å². The first-order chi connectivity index (χ1) is 9.51. The molecule has 0 fully saturated rings. The maximum absolute atomic E-state index is 11.4. The minimum atomic E-state index is -0.238. The number of halogens is 1. The summed E-state index contributed by atoms with van der Waals surface area (Å²) in [5.41, 5.74) is 4.00. The Kier molecular flexibility index (Phi) is 4.60. The van der Waals surface area contributed by atoms with E-state index in [4.69, 9.17) is 4.74 Å². The number of nitrogens with zero attached hydrogens (tertiary/aromatic N) is 2. The molecule has 0 spiro atoms. The van der Waals surface area contributed by atoms with Gasteiger partial charge in [0.15, 0.2) is 0 Å². The molecular weight excluding hydrogens is 320 g/mol. The molecule has 106 valence electrons. The largest absolute Gasteiger partial charge is 0.469 e. The predicted octanol–water partition coefficient (Wildman–Crippen LogP) is 3.03. The minimum absolute atomic E-state index is 0.238. The van der Waals surface area contributed by atoms with Gasteiger partial charge in [-0.05, 0) is 31.5 Å². The molecule has 0 amide bonds. The van der Waals surface area contributed by atoms with Crippen LogP contribution >= 0.6 is 15.9 Å². The fourth-order valence-corrected chi connectivity index (χ4v) is 2.62. The van der Waals surface area contributed by atoms with Crippen molar-refractivity contribution in [1.29, 1.82) is 0 Å². The van der Waals surface area contributed by atoms with Crippen molar-refractivity contribution in [2.45, 2.75) is 26.8 Å². The Morgan fingerprint density at radius 3 is 2.80 bits per heavy atom. The van der Waals surface area contributed by atoms with Crippen LogP contribution in [-0.4, -0.2) is 22.9 Å². The molecule has 0 bridgehead atoms. The molecule has 20 heavy (non-hydrogen) atoms. The van der Waals surface area contributed by atoms with E-state index in [0.717, 1.165) is 27.0 Å². The third kappa shape index (κ3) is 3.28. The average molecular weight is 337 g/mol. The number of hydrogen-bond donors (Lipinski definition) is 0. The number of aromatic nitrogens is 2. The number of methoxy groups -OCH3 is 1. The Morgan fingerprint density at radius 2 is 2.15 bits per heavy atom. The molecule has 0 aliphatic carbocycles. The fourth-order valence-electron chi connectivity index (χ4n) is 2.17. The first-order valence-corrected chi connectivity index (χ1v) is 7.14. The maximum Gasteiger partial charge on any atom is 0.310 e. The molecular formula is C15H17BrN2O2. The summed E-state index contributed by atoms with van der Waals surface area (Å²) in [4.78, 5) is 11.4. The normalized spacial score (nSPS) is 10.6. The minimum Gasteiger partial charge on any atom is -0.469 e. The van der Waals surface area contributed by atoms with E-state index < -0.39 is 0 Å². The van der Waals surface area contributed by atoms with Crippen LogP contribution in [0.4, 0.5) is 0 Å². The Labute approximate surface area is 126 Å². The number of carbonyl (C=O) groups is 1. The average Bonchev–Trinajstić information content (AvgIpc) is 2.66. The van der Waals surface area contributed by atoms with Crippen molar-refractivity contribution in [1.82, 2.24) is 9.78 Å². The van der Waals surface area contributed by atoms with Gasteiger partial charge in [0.25, 0.3) is 0 Å². The molecule has 0 saturated carbocycles. The predicted molar refractivity (Wildman–Crippen MR) is 80.7 cm³/mol. The first kappa shape index (κ1) is 14.8. The zero-order valence-electron chi connectivity index (χ0n) is 11.8. The topological polar surface area (TPSA) is 44.1 Å². The molecule has 0 unspecified atom stereocenters. The summed E-state index contributed by atoms with van der Waals surface area (Å²) in [6.45, 7) is 4.59. The van der Waals surface area contributed by atoms with Crippen LogP contribution in [0.25, 0.3) is 0 Å². The van der Waals surface area contributed by atoms with E-state index >= 15 is 0 Å². The molecule has 1 heterocycles. The molecule has 0 radical (unpaired) electrons. The number of esters is 1. The molecule has 1 aromatic carbocycles. The summed E-state index contributed by atoms with van der Waals surface area (Å²) in [7, 11) is 1.40. The van der Waals surface area contributed by atoms with Gasteiger partial charge in [-0.1, -0.05) is 28.1 Å². The fraction of sp³-hybridized carbons (Fsp3) is 0.333. The van der Waals surface area contributed by atoms with Crippen LogP contribution < -0.4 is 0 Å². The molecule has 0 atom stereocenters. The smallest absolute Gasteiger partial charge is 0.310 e. The van der Waals surface area contributed by atoms with Gasteiger partial charge >= 0.3 is 5.97 Å². The van der Waals surface area contributed by atoms with Gasteiger partial charge < -0.3 is 4.74 Å². The third-order valence-electron chi connectivity index (χ3n) is 3.30. The Hall–Kier alpha value is -1.62. The number of rotatable bonds is 4. The van der Waals surface area contributed by atoms with Gasteiger partial charge in [0.1, 0.15) is 0 Å². The highest BCUT2D eigenvalue weighted by atomic mass is 79.9. The van der Waals surface area contributed by atoms with Crippen molar-refractivity contribution >= 4 is 21.9 Å². The van der Waals surface area contributed by atoms with Crippen molar-refractivity contribution in [2.75, 3.05) is 7.11 Å². The number of hydrogen-bond acceptors (Lipinski definition) is 3. The highest BCUT2D eigenvalue weighted by Gasteiger charge is 2.15. The van der Waals surface area contributed by atoms with Crippen LogP contribution in [0.5, 0.6) is 0 Å². The SMILES string of the molecule is COC(=O)Cc1c(C)nn(Cc2cccc(Br)c2)c1C. The van der Waals surface area contributed by atoms with E-state index in [0.29, 0.717) is 6.54 Å². The third-order valence-corrected chi connectivity index (χ3v) is 3.79. The van der Waals surface area contributed by atoms with Crippen LogP contribution in [0.15, 0.2) is 28.7 Å². The van der Waals surface area contributed by atoms with Gasteiger partial charge in [-0.2, -0.15) is 5.10 Å². The molecule has 0 N–H and O–H groups in total. The first-order valence-electron chi connectivity index (χ1n) is 6.35. The molecule has 0 saturated heterocycles. The van der Waals surface area contributed by atoms with Gasteiger partial charge in [-0.25, -0.2) is 0 Å². The molecule has 0 aliphatic heterocycles.